The van der Waals surface area contributed by atoms with Gasteiger partial charge in [0.2, 0.25) is 0 Å². The van der Waals surface area contributed by atoms with Gasteiger partial charge in [-0.15, -0.1) is 0 Å². The maximum Gasteiger partial charge on any atom is 0.345 e. The summed E-state index contributed by atoms with van der Waals surface area (Å²) < 4.78 is 40.4. The predicted octanol–water partition coefficient (Wildman–Crippen LogP) is 2.26. The van der Waals surface area contributed by atoms with Crippen LogP contribution in [0.25, 0.3) is 0 Å². The summed E-state index contributed by atoms with van der Waals surface area (Å²) in [6.45, 7) is 7.32. The van der Waals surface area contributed by atoms with Crippen LogP contribution in [0.4, 0.5) is 0 Å². The summed E-state index contributed by atoms with van der Waals surface area (Å²) in [6, 6.07) is 25.1. The van der Waals surface area contributed by atoms with Crippen LogP contribution < -0.4 is 38.1 Å². The number of ketones is 2. The number of carbonyl (C=O) groups excluding carboxylic acids is 10. The molecule has 0 saturated heterocycles. The first-order valence-corrected chi connectivity index (χ1v) is 31.3. The Morgan fingerprint density at radius 1 is 0.406 bits per heavy atom. The fraction of sp³-hybridized carbons (Fsp3) is 0.463. The third kappa shape index (κ3) is 31.2. The molecular formula is C67H87N7O22. The SMILES string of the molecule is CNCCOCCOCCCC(=O)[C@H](CC(=O)OC(=O)c1ccccc1)NC1CCC1N[C@@H](CC(=O)OC(=O)c1ccccc1)C(C)=O.NCCOCCOCCN.O=C(C[C@H](NC1CCC1N[C@@H](CC(=O)OC(=O)c1ccccc1)C(=O)O)C(=O)O)OC(=O)c1ccccc1. The zero-order valence-electron chi connectivity index (χ0n) is 53.7. The van der Waals surface area contributed by atoms with E-state index in [-0.39, 0.29) is 65.2 Å². The lowest BCUT2D eigenvalue weighted by Crippen LogP contribution is -2.62. The number of esters is 8. The van der Waals surface area contributed by atoms with Crippen LogP contribution in [0.15, 0.2) is 121 Å². The average molecular weight is 1340 g/mol. The summed E-state index contributed by atoms with van der Waals surface area (Å²) in [5.74, 6) is -10.6. The standard InChI is InChI=1S/C35H45N3O10.C26H26N2O10.C6H16N2O2/c1-24(39)29(22-32(41)47-34(43)25-10-5-3-6-11-25)37-27-15-16-28(27)38-30(23-33(42)48-35(44)26-12-7-4-8-13-26)31(40)14-9-18-45-20-21-46-19-17-36-2;29-21(37-25(35)15-7-3-1-4-8-15)13-19(23(31)32)27-17-11-12-18(17)28-20(24(33)34)14-22(30)38-26(36)16-9-5-2-6-10-16;7-1-3-9-5-6-10-4-2-8/h3-8,10-13,27-30,36-38H,9,14-23H2,1-2H3;1-10,17-20,27-28H,11-14H2,(H,31,32)(H,33,34);1-8H2/t27?,28?,29-,30-;17?,18?,19-,20-;/m00./s1. The second-order valence-corrected chi connectivity index (χ2v) is 21.8. The maximum absolute atomic E-state index is 13.3. The number of likely N-dealkylation sites (N-methyl/N-ethyl adjacent to an activating group) is 1. The summed E-state index contributed by atoms with van der Waals surface area (Å²) in [5.41, 5.74) is 11.0. The molecule has 0 bridgehead atoms. The molecule has 2 fully saturated rings. The number of nitrogens with two attached hydrogens (primary N) is 2. The molecule has 2 saturated carbocycles. The number of carbonyl (C=O) groups is 12. The van der Waals surface area contributed by atoms with E-state index in [1.54, 1.807) is 72.8 Å². The number of hydrogen-bond acceptors (Lipinski definition) is 27. The lowest BCUT2D eigenvalue weighted by atomic mass is 9.84. The second-order valence-electron chi connectivity index (χ2n) is 21.8. The monoisotopic (exact) mass is 1340 g/mol. The van der Waals surface area contributed by atoms with Crippen LogP contribution >= 0.6 is 0 Å². The molecule has 522 valence electrons. The van der Waals surface area contributed by atoms with Gasteiger partial charge in [-0.1, -0.05) is 72.8 Å². The van der Waals surface area contributed by atoms with Crippen LogP contribution in [0, 0.1) is 0 Å². The van der Waals surface area contributed by atoms with Gasteiger partial charge in [0, 0.05) is 56.8 Å². The van der Waals surface area contributed by atoms with Crippen molar-refractivity contribution in [3.8, 4) is 0 Å². The Kier molecular flexibility index (Phi) is 37.9. The van der Waals surface area contributed by atoms with Gasteiger partial charge in [-0.05, 0) is 94.6 Å². The summed E-state index contributed by atoms with van der Waals surface area (Å²) in [6.07, 6.45) is 0.651. The number of aliphatic carboxylic acids is 2. The molecule has 29 heteroatoms. The van der Waals surface area contributed by atoms with E-state index >= 15 is 0 Å². The smallest absolute Gasteiger partial charge is 0.345 e. The van der Waals surface area contributed by atoms with Gasteiger partial charge in [0.1, 0.15) is 23.7 Å². The van der Waals surface area contributed by atoms with Gasteiger partial charge >= 0.3 is 59.7 Å². The van der Waals surface area contributed by atoms with Crippen LogP contribution in [-0.4, -0.2) is 209 Å². The van der Waals surface area contributed by atoms with Crippen LogP contribution in [0.1, 0.15) is 113 Å². The first kappa shape index (κ1) is 79.7. The summed E-state index contributed by atoms with van der Waals surface area (Å²) in [4.78, 5) is 148. The van der Waals surface area contributed by atoms with Crippen molar-refractivity contribution in [3.05, 3.63) is 144 Å². The van der Waals surface area contributed by atoms with E-state index in [4.69, 9.17) is 49.4 Å². The number of carboxylic acids is 2. The fourth-order valence-electron chi connectivity index (χ4n) is 9.14. The Balaban J connectivity index is 0.000000364. The molecule has 0 spiro atoms. The number of nitrogens with one attached hydrogen (secondary N) is 5. The van der Waals surface area contributed by atoms with E-state index in [0.29, 0.717) is 98.0 Å². The summed E-state index contributed by atoms with van der Waals surface area (Å²) in [7, 11) is 1.83. The largest absolute Gasteiger partial charge is 0.480 e. The van der Waals surface area contributed by atoms with Crippen molar-refractivity contribution in [1.29, 1.82) is 0 Å². The minimum Gasteiger partial charge on any atom is -0.480 e. The molecule has 6 rings (SSSR count). The van der Waals surface area contributed by atoms with Crippen LogP contribution in [0.2, 0.25) is 0 Å². The molecule has 4 aromatic carbocycles. The number of rotatable bonds is 41. The minimum atomic E-state index is -1.41. The van der Waals surface area contributed by atoms with Gasteiger partial charge in [0.25, 0.3) is 0 Å². The Hall–Kier alpha value is -8.72. The first-order valence-electron chi connectivity index (χ1n) is 31.3. The zero-order valence-corrected chi connectivity index (χ0v) is 53.7. The molecule has 11 N–H and O–H groups in total. The zero-order chi connectivity index (χ0) is 70.0. The van der Waals surface area contributed by atoms with Crippen molar-refractivity contribution in [3.63, 3.8) is 0 Å². The lowest BCUT2D eigenvalue weighted by molar-refractivity contribution is -0.147. The van der Waals surface area contributed by atoms with Crippen LogP contribution in [0.5, 0.6) is 0 Å². The number of Topliss-reactive ketones (excluding diaryl/α,β-unsaturated/α-hetero) is 2. The Morgan fingerprint density at radius 2 is 0.688 bits per heavy atom. The average Bonchev–Trinajstić information content (AvgIpc) is 2.21. The van der Waals surface area contributed by atoms with Gasteiger partial charge < -0.3 is 75.5 Å². The van der Waals surface area contributed by atoms with Crippen molar-refractivity contribution < 1.29 is 106 Å². The molecule has 0 aromatic heterocycles. The van der Waals surface area contributed by atoms with Crippen molar-refractivity contribution in [1.82, 2.24) is 26.6 Å². The molecule has 2 aliphatic carbocycles. The van der Waals surface area contributed by atoms with Gasteiger partial charge in [0.05, 0.1) is 106 Å². The molecule has 4 aromatic rings. The molecule has 0 heterocycles. The quantitative estimate of drug-likeness (QED) is 0.0133. The van der Waals surface area contributed by atoms with Crippen molar-refractivity contribution >= 4 is 71.3 Å². The summed E-state index contributed by atoms with van der Waals surface area (Å²) >= 11 is 0. The lowest BCUT2D eigenvalue weighted by Gasteiger charge is -2.41. The van der Waals surface area contributed by atoms with E-state index in [0.717, 1.165) is 6.54 Å². The Labute approximate surface area is 555 Å². The molecular weight excluding hydrogens is 1250 g/mol. The third-order valence-corrected chi connectivity index (χ3v) is 14.5. The molecule has 2 aliphatic rings. The normalized spacial score (nSPS) is 16.4. The molecule has 4 unspecified atom stereocenters. The van der Waals surface area contributed by atoms with Crippen LogP contribution in [0.3, 0.4) is 0 Å². The molecule has 29 nitrogen and oxygen atoms in total. The van der Waals surface area contributed by atoms with Crippen molar-refractivity contribution in [2.75, 3.05) is 79.5 Å². The van der Waals surface area contributed by atoms with Crippen molar-refractivity contribution in [2.45, 2.75) is 119 Å². The second kappa shape index (κ2) is 45.6. The molecule has 96 heavy (non-hydrogen) atoms. The Bertz CT molecular complexity index is 2990. The number of hydrogen-bond donors (Lipinski definition) is 9. The van der Waals surface area contributed by atoms with Gasteiger partial charge in [0.15, 0.2) is 0 Å². The number of benzene rings is 4. The van der Waals surface area contributed by atoms with Crippen LogP contribution in [-0.2, 0) is 76.3 Å². The first-order chi connectivity index (χ1) is 46.2. The molecule has 0 aliphatic heterocycles. The third-order valence-electron chi connectivity index (χ3n) is 14.5. The topological polar surface area (TPSA) is 431 Å². The van der Waals surface area contributed by atoms with Crippen molar-refractivity contribution in [2.24, 2.45) is 11.5 Å². The van der Waals surface area contributed by atoms with Gasteiger partial charge in [-0.2, -0.15) is 0 Å². The molecule has 0 amide bonds. The molecule has 0 radical (unpaired) electrons. The highest BCUT2D eigenvalue weighted by Crippen LogP contribution is 2.25. The predicted molar refractivity (Wildman–Crippen MR) is 343 cm³/mol. The van der Waals surface area contributed by atoms with E-state index < -0.39 is 109 Å². The molecule has 8 atom stereocenters. The van der Waals surface area contributed by atoms with E-state index in [9.17, 15) is 67.7 Å². The van der Waals surface area contributed by atoms with Gasteiger partial charge in [-0.3, -0.25) is 49.0 Å². The number of carboxylic acid groups (broad SMARTS) is 2. The van der Waals surface area contributed by atoms with E-state index in [1.165, 1.54) is 55.5 Å². The highest BCUT2D eigenvalue weighted by molar-refractivity contribution is 6.00. The minimum absolute atomic E-state index is 0.111. The van der Waals surface area contributed by atoms with E-state index in [2.05, 4.69) is 26.6 Å². The summed E-state index contributed by atoms with van der Waals surface area (Å²) in [5, 5.41) is 33.9. The van der Waals surface area contributed by atoms with E-state index in [1.807, 2.05) is 7.05 Å². The maximum atomic E-state index is 13.3. The highest BCUT2D eigenvalue weighted by Gasteiger charge is 2.40. The Morgan fingerprint density at radius 3 is 0.979 bits per heavy atom. The van der Waals surface area contributed by atoms with Gasteiger partial charge in [-0.25, -0.2) is 19.2 Å². The fourth-order valence-corrected chi connectivity index (χ4v) is 9.14. The number of ether oxygens (including phenoxy) is 8. The highest BCUT2D eigenvalue weighted by atomic mass is 16.6.